The van der Waals surface area contributed by atoms with Crippen LogP contribution in [0.1, 0.15) is 59.0 Å². The van der Waals surface area contributed by atoms with Gasteiger partial charge in [-0.2, -0.15) is 0 Å². The summed E-state index contributed by atoms with van der Waals surface area (Å²) in [6.45, 7) is 1.44. The van der Waals surface area contributed by atoms with E-state index in [1.54, 1.807) is 0 Å². The lowest BCUT2D eigenvalue weighted by Gasteiger charge is -2.27. The molecule has 0 spiro atoms. The maximum atomic E-state index is 13.5. The van der Waals surface area contributed by atoms with E-state index in [9.17, 15) is 23.6 Å². The smallest absolute Gasteiger partial charge is 0.325 e. The van der Waals surface area contributed by atoms with Gasteiger partial charge in [-0.25, -0.2) is 9.18 Å². The predicted molar refractivity (Wildman–Crippen MR) is 121 cm³/mol. The third-order valence-corrected chi connectivity index (χ3v) is 7.35. The number of hydrogen-bond donors (Lipinski definition) is 3. The van der Waals surface area contributed by atoms with Crippen molar-refractivity contribution in [2.45, 2.75) is 51.0 Å². The van der Waals surface area contributed by atoms with E-state index < -0.39 is 41.7 Å². The molecule has 1 aliphatic heterocycles. The zero-order valence-corrected chi connectivity index (χ0v) is 19.0. The van der Waals surface area contributed by atoms with E-state index in [1.807, 2.05) is 6.92 Å². The molecule has 1 aliphatic carbocycles. The number of benzene rings is 1. The van der Waals surface area contributed by atoms with Crippen molar-refractivity contribution in [2.24, 2.45) is 5.73 Å². The molecule has 2 aliphatic rings. The van der Waals surface area contributed by atoms with Crippen LogP contribution in [-0.2, 0) is 28.0 Å². The molecule has 0 radical (unpaired) electrons. The fourth-order valence-electron chi connectivity index (χ4n) is 4.52. The molecule has 0 unspecified atom stereocenters. The summed E-state index contributed by atoms with van der Waals surface area (Å²) >= 11 is 1.30. The van der Waals surface area contributed by atoms with Crippen molar-refractivity contribution in [3.63, 3.8) is 0 Å². The molecule has 4 rings (SSSR count). The van der Waals surface area contributed by atoms with Gasteiger partial charge >= 0.3 is 6.03 Å². The molecule has 2 aromatic rings. The molecule has 2 heterocycles. The number of carbonyl (C=O) groups is 4. The van der Waals surface area contributed by atoms with Crippen molar-refractivity contribution in [1.29, 1.82) is 0 Å². The van der Waals surface area contributed by atoms with Gasteiger partial charge in [0.25, 0.3) is 11.8 Å². The van der Waals surface area contributed by atoms with Crippen LogP contribution in [0.2, 0.25) is 0 Å². The Hall–Kier alpha value is -3.27. The number of hydrogen-bond acceptors (Lipinski definition) is 5. The lowest BCUT2D eigenvalue weighted by Crippen LogP contribution is -2.44. The number of nitrogens with zero attached hydrogens (tertiary/aromatic N) is 1. The van der Waals surface area contributed by atoms with Gasteiger partial charge in [-0.1, -0.05) is 31.9 Å². The molecule has 1 aromatic heterocycles. The SMILES string of the molecule is CCCC[C@@]1(c2ccc(F)cc2)NC(=O)N(CC(=O)Nc2sc3c(c2C(N)=O)CCC3)C1=O. The highest BCUT2D eigenvalue weighted by molar-refractivity contribution is 7.17. The Labute approximate surface area is 194 Å². The Kier molecular flexibility index (Phi) is 6.20. The zero-order chi connectivity index (χ0) is 23.8. The number of primary amides is 1. The standard InChI is InChI=1S/C23H25FN4O4S/c1-2-3-11-23(13-7-9-14(24)10-8-13)21(31)28(22(32)27-23)12-17(29)26-20-18(19(25)30)15-5-4-6-16(15)33-20/h7-10H,2-6,11-12H2,1H3,(H2,25,30)(H,26,29)(H,27,32)/t23-/m0/s1. The maximum Gasteiger partial charge on any atom is 0.325 e. The third-order valence-electron chi connectivity index (χ3n) is 6.14. The van der Waals surface area contributed by atoms with Crippen molar-refractivity contribution in [2.75, 3.05) is 11.9 Å². The summed E-state index contributed by atoms with van der Waals surface area (Å²) < 4.78 is 13.5. The van der Waals surface area contributed by atoms with Crippen molar-refractivity contribution >= 4 is 40.1 Å². The minimum Gasteiger partial charge on any atom is -0.365 e. The molecule has 10 heteroatoms. The van der Waals surface area contributed by atoms with Crippen LogP contribution in [0.25, 0.3) is 0 Å². The molecule has 174 valence electrons. The van der Waals surface area contributed by atoms with Gasteiger partial charge in [0.2, 0.25) is 5.91 Å². The van der Waals surface area contributed by atoms with Crippen LogP contribution in [0.15, 0.2) is 24.3 Å². The number of urea groups is 1. The van der Waals surface area contributed by atoms with Gasteiger partial charge in [0, 0.05) is 4.88 Å². The largest absolute Gasteiger partial charge is 0.365 e. The molecule has 4 N–H and O–H groups in total. The van der Waals surface area contributed by atoms with Crippen LogP contribution in [0.5, 0.6) is 0 Å². The van der Waals surface area contributed by atoms with E-state index in [0.29, 0.717) is 29.0 Å². The van der Waals surface area contributed by atoms with Crippen molar-refractivity contribution in [3.8, 4) is 0 Å². The number of fused-ring (bicyclic) bond motifs is 1. The van der Waals surface area contributed by atoms with E-state index >= 15 is 0 Å². The van der Waals surface area contributed by atoms with Crippen LogP contribution in [-0.4, -0.2) is 35.2 Å². The van der Waals surface area contributed by atoms with E-state index in [2.05, 4.69) is 10.6 Å². The summed E-state index contributed by atoms with van der Waals surface area (Å²) in [4.78, 5) is 52.8. The molecule has 5 amide bonds. The van der Waals surface area contributed by atoms with Crippen LogP contribution in [0, 0.1) is 5.82 Å². The topological polar surface area (TPSA) is 122 Å². The molecule has 0 saturated carbocycles. The van der Waals surface area contributed by atoms with Crippen LogP contribution >= 0.6 is 11.3 Å². The summed E-state index contributed by atoms with van der Waals surface area (Å²) in [6, 6.07) is 4.72. The first kappa shape index (κ1) is 22.9. The van der Waals surface area contributed by atoms with Gasteiger partial charge < -0.3 is 16.4 Å². The Morgan fingerprint density at radius 1 is 1.24 bits per heavy atom. The number of amides is 5. The molecule has 0 bridgehead atoms. The number of carbonyl (C=O) groups excluding carboxylic acids is 4. The molecule has 1 atom stereocenters. The molecular weight excluding hydrogens is 447 g/mol. The van der Waals surface area contributed by atoms with E-state index in [0.717, 1.165) is 41.0 Å². The normalized spacial score (nSPS) is 19.5. The average molecular weight is 473 g/mol. The number of aryl methyl sites for hydroxylation is 1. The van der Waals surface area contributed by atoms with Crippen LogP contribution in [0.3, 0.4) is 0 Å². The summed E-state index contributed by atoms with van der Waals surface area (Å²) in [6.07, 6.45) is 4.23. The molecule has 8 nitrogen and oxygen atoms in total. The molecular formula is C23H25FN4O4S. The number of imide groups is 1. The van der Waals surface area contributed by atoms with Gasteiger partial charge in [0.1, 0.15) is 22.9 Å². The van der Waals surface area contributed by atoms with Crippen molar-refractivity contribution in [1.82, 2.24) is 10.2 Å². The van der Waals surface area contributed by atoms with E-state index in [-0.39, 0.29) is 0 Å². The van der Waals surface area contributed by atoms with Gasteiger partial charge in [-0.05, 0) is 48.9 Å². The fourth-order valence-corrected chi connectivity index (χ4v) is 5.83. The number of nitrogens with one attached hydrogen (secondary N) is 2. The molecule has 1 fully saturated rings. The highest BCUT2D eigenvalue weighted by Gasteiger charge is 2.52. The quantitative estimate of drug-likeness (QED) is 0.511. The van der Waals surface area contributed by atoms with Crippen LogP contribution < -0.4 is 16.4 Å². The Morgan fingerprint density at radius 3 is 2.64 bits per heavy atom. The average Bonchev–Trinajstić information content (AvgIpc) is 3.41. The van der Waals surface area contributed by atoms with Gasteiger partial charge in [-0.15, -0.1) is 11.3 Å². The Balaban J connectivity index is 1.56. The second-order valence-corrected chi connectivity index (χ2v) is 9.42. The monoisotopic (exact) mass is 472 g/mol. The number of unbranched alkanes of at least 4 members (excludes halogenated alkanes) is 1. The Morgan fingerprint density at radius 2 is 1.97 bits per heavy atom. The molecule has 33 heavy (non-hydrogen) atoms. The first-order chi connectivity index (χ1) is 15.8. The summed E-state index contributed by atoms with van der Waals surface area (Å²) in [7, 11) is 0. The van der Waals surface area contributed by atoms with Gasteiger partial charge in [0.05, 0.1) is 5.56 Å². The summed E-state index contributed by atoms with van der Waals surface area (Å²) in [5.41, 5.74) is 5.81. The lowest BCUT2D eigenvalue weighted by molar-refractivity contribution is -0.134. The van der Waals surface area contributed by atoms with Crippen LogP contribution in [0.4, 0.5) is 14.2 Å². The first-order valence-electron chi connectivity index (χ1n) is 10.9. The van der Waals surface area contributed by atoms with E-state index in [1.165, 1.54) is 35.6 Å². The number of anilines is 1. The first-order valence-corrected chi connectivity index (χ1v) is 11.7. The number of rotatable bonds is 8. The van der Waals surface area contributed by atoms with E-state index in [4.69, 9.17) is 5.73 Å². The minimum atomic E-state index is -1.36. The number of thiophene rings is 1. The second kappa shape index (κ2) is 8.93. The van der Waals surface area contributed by atoms with Gasteiger partial charge in [0.15, 0.2) is 0 Å². The molecule has 1 saturated heterocycles. The third kappa shape index (κ3) is 4.10. The predicted octanol–water partition coefficient (Wildman–Crippen LogP) is 3.05. The zero-order valence-electron chi connectivity index (χ0n) is 18.2. The Bertz CT molecular complexity index is 1130. The maximum absolute atomic E-state index is 13.5. The van der Waals surface area contributed by atoms with Crippen molar-refractivity contribution < 1.29 is 23.6 Å². The minimum absolute atomic E-state index is 0.307. The molecule has 1 aromatic carbocycles. The second-order valence-electron chi connectivity index (χ2n) is 8.31. The van der Waals surface area contributed by atoms with Crippen molar-refractivity contribution in [3.05, 3.63) is 51.7 Å². The number of halogens is 1. The lowest BCUT2D eigenvalue weighted by atomic mass is 9.85. The summed E-state index contributed by atoms with van der Waals surface area (Å²) in [5, 5.41) is 5.74. The highest BCUT2D eigenvalue weighted by atomic mass is 32.1. The highest BCUT2D eigenvalue weighted by Crippen LogP contribution is 2.39. The fraction of sp³-hybridized carbons (Fsp3) is 0.391. The van der Waals surface area contributed by atoms with Gasteiger partial charge in [-0.3, -0.25) is 19.3 Å². The number of nitrogens with two attached hydrogens (primary N) is 1. The summed E-state index contributed by atoms with van der Waals surface area (Å²) in [5.74, 6) is -2.24.